The van der Waals surface area contributed by atoms with Crippen molar-refractivity contribution in [2.24, 2.45) is 5.73 Å². The number of benzene rings is 1. The summed E-state index contributed by atoms with van der Waals surface area (Å²) >= 11 is 3.22. The average molecular weight is 305 g/mol. The van der Waals surface area contributed by atoms with Gasteiger partial charge in [0, 0.05) is 4.47 Å². The number of halogens is 2. The van der Waals surface area contributed by atoms with Crippen molar-refractivity contribution in [2.75, 3.05) is 20.7 Å². The minimum atomic E-state index is -0.840. The van der Waals surface area contributed by atoms with E-state index in [0.717, 1.165) is 0 Å². The summed E-state index contributed by atoms with van der Waals surface area (Å²) in [5, 5.41) is 0. The lowest BCUT2D eigenvalue weighted by atomic mass is 10.1. The molecule has 0 aromatic heterocycles. The first-order chi connectivity index (χ1) is 7.90. The van der Waals surface area contributed by atoms with Crippen LogP contribution in [0.25, 0.3) is 0 Å². The Bertz CT molecular complexity index is 392. The van der Waals surface area contributed by atoms with Crippen molar-refractivity contribution in [3.63, 3.8) is 0 Å². The summed E-state index contributed by atoms with van der Waals surface area (Å²) in [5.41, 5.74) is 5.63. The Morgan fingerprint density at radius 1 is 1.53 bits per heavy atom. The summed E-state index contributed by atoms with van der Waals surface area (Å²) < 4.78 is 18.7. The van der Waals surface area contributed by atoms with E-state index in [1.165, 1.54) is 12.1 Å². The third-order valence-electron chi connectivity index (χ3n) is 2.28. The van der Waals surface area contributed by atoms with Gasteiger partial charge in [0.25, 0.3) is 0 Å². The van der Waals surface area contributed by atoms with Crippen LogP contribution in [0.4, 0.5) is 9.18 Å². The highest BCUT2D eigenvalue weighted by atomic mass is 79.9. The Hall–Kier alpha value is -1.14. The van der Waals surface area contributed by atoms with Gasteiger partial charge in [0.1, 0.15) is 12.4 Å². The van der Waals surface area contributed by atoms with Gasteiger partial charge in [-0.3, -0.25) is 4.90 Å². The zero-order valence-electron chi connectivity index (χ0n) is 9.61. The van der Waals surface area contributed by atoms with Gasteiger partial charge >= 0.3 is 6.09 Å². The molecule has 0 aliphatic rings. The summed E-state index contributed by atoms with van der Waals surface area (Å²) in [5.74, 6) is -0.347. The highest BCUT2D eigenvalue weighted by molar-refractivity contribution is 9.10. The smallest absolute Gasteiger partial charge is 0.404 e. The Morgan fingerprint density at radius 3 is 2.65 bits per heavy atom. The first kappa shape index (κ1) is 13.9. The number of carbonyl (C=O) groups is 1. The van der Waals surface area contributed by atoms with Crippen LogP contribution >= 0.6 is 15.9 Å². The summed E-state index contributed by atoms with van der Waals surface area (Å²) in [6, 6.07) is 4.30. The topological polar surface area (TPSA) is 55.6 Å². The molecule has 0 aliphatic heterocycles. The Morgan fingerprint density at radius 2 is 2.18 bits per heavy atom. The van der Waals surface area contributed by atoms with E-state index in [4.69, 9.17) is 10.5 Å². The van der Waals surface area contributed by atoms with Gasteiger partial charge in [-0.05, 0) is 37.9 Å². The van der Waals surface area contributed by atoms with Crippen molar-refractivity contribution in [3.8, 4) is 0 Å². The highest BCUT2D eigenvalue weighted by Crippen LogP contribution is 2.23. The maximum absolute atomic E-state index is 13.3. The van der Waals surface area contributed by atoms with Gasteiger partial charge in [-0.1, -0.05) is 15.9 Å². The van der Waals surface area contributed by atoms with E-state index in [0.29, 0.717) is 10.0 Å². The summed E-state index contributed by atoms with van der Waals surface area (Å²) in [7, 11) is 3.63. The quantitative estimate of drug-likeness (QED) is 0.928. The fraction of sp³-hybridized carbons (Fsp3) is 0.364. The number of hydrogen-bond donors (Lipinski definition) is 1. The lowest BCUT2D eigenvalue weighted by Crippen LogP contribution is -2.27. The fourth-order valence-corrected chi connectivity index (χ4v) is 1.96. The molecule has 1 atom stereocenters. The monoisotopic (exact) mass is 304 g/mol. The SMILES string of the molecule is CN(C)C(COC(N)=O)c1cc(F)cc(Br)c1. The third-order valence-corrected chi connectivity index (χ3v) is 2.73. The van der Waals surface area contributed by atoms with Crippen LogP contribution in [0.3, 0.4) is 0 Å². The van der Waals surface area contributed by atoms with Gasteiger partial charge in [-0.25, -0.2) is 9.18 Å². The van der Waals surface area contributed by atoms with Gasteiger partial charge in [0.05, 0.1) is 6.04 Å². The van der Waals surface area contributed by atoms with E-state index < -0.39 is 6.09 Å². The minimum Gasteiger partial charge on any atom is -0.448 e. The standard InChI is InChI=1S/C11H14BrFN2O2/c1-15(2)10(6-17-11(14)16)7-3-8(12)5-9(13)4-7/h3-5,10H,6H2,1-2H3,(H2,14,16). The molecule has 94 valence electrons. The Balaban J connectivity index is 2.92. The van der Waals surface area contributed by atoms with Crippen LogP contribution in [0.15, 0.2) is 22.7 Å². The molecule has 0 saturated carbocycles. The molecular weight excluding hydrogens is 291 g/mol. The largest absolute Gasteiger partial charge is 0.448 e. The zero-order chi connectivity index (χ0) is 13.0. The molecule has 4 nitrogen and oxygen atoms in total. The second-order valence-corrected chi connectivity index (χ2v) is 4.73. The van der Waals surface area contributed by atoms with Gasteiger partial charge < -0.3 is 10.5 Å². The van der Waals surface area contributed by atoms with E-state index in [-0.39, 0.29) is 18.5 Å². The van der Waals surface area contributed by atoms with Crippen LogP contribution in [0, 0.1) is 5.82 Å². The van der Waals surface area contributed by atoms with Crippen molar-refractivity contribution in [2.45, 2.75) is 6.04 Å². The van der Waals surface area contributed by atoms with Crippen LogP contribution in [0.2, 0.25) is 0 Å². The molecule has 0 radical (unpaired) electrons. The van der Waals surface area contributed by atoms with E-state index in [1.807, 2.05) is 19.0 Å². The molecule has 0 spiro atoms. The van der Waals surface area contributed by atoms with Crippen LogP contribution in [-0.4, -0.2) is 31.7 Å². The molecule has 6 heteroatoms. The number of rotatable bonds is 4. The molecule has 0 saturated heterocycles. The average Bonchev–Trinajstić information content (AvgIpc) is 2.14. The maximum atomic E-state index is 13.3. The van der Waals surface area contributed by atoms with Gasteiger partial charge in [-0.15, -0.1) is 0 Å². The molecule has 2 N–H and O–H groups in total. The van der Waals surface area contributed by atoms with Crippen LogP contribution < -0.4 is 5.73 Å². The number of hydrogen-bond acceptors (Lipinski definition) is 3. The first-order valence-corrected chi connectivity index (χ1v) is 5.74. The minimum absolute atomic E-state index is 0.0816. The van der Waals surface area contributed by atoms with Gasteiger partial charge in [0.2, 0.25) is 0 Å². The van der Waals surface area contributed by atoms with E-state index >= 15 is 0 Å². The van der Waals surface area contributed by atoms with Crippen LogP contribution in [0.5, 0.6) is 0 Å². The van der Waals surface area contributed by atoms with Crippen molar-refractivity contribution < 1.29 is 13.9 Å². The number of ether oxygens (including phenoxy) is 1. The molecule has 0 heterocycles. The number of nitrogens with two attached hydrogens (primary N) is 1. The molecule has 0 fully saturated rings. The van der Waals surface area contributed by atoms with E-state index in [9.17, 15) is 9.18 Å². The number of nitrogens with zero attached hydrogens (tertiary/aromatic N) is 1. The van der Waals surface area contributed by atoms with Gasteiger partial charge in [0.15, 0.2) is 0 Å². The molecule has 0 bridgehead atoms. The lowest BCUT2D eigenvalue weighted by Gasteiger charge is -2.24. The molecule has 1 aromatic rings. The maximum Gasteiger partial charge on any atom is 0.404 e. The number of likely N-dealkylation sites (N-methyl/N-ethyl adjacent to an activating group) is 1. The summed E-state index contributed by atoms with van der Waals surface area (Å²) in [6.45, 7) is 0.0816. The Kier molecular flexibility index (Phi) is 4.89. The molecule has 1 amide bonds. The van der Waals surface area contributed by atoms with Crippen LogP contribution in [0.1, 0.15) is 11.6 Å². The van der Waals surface area contributed by atoms with Crippen molar-refractivity contribution >= 4 is 22.0 Å². The summed E-state index contributed by atoms with van der Waals surface area (Å²) in [4.78, 5) is 12.4. The number of amides is 1. The zero-order valence-corrected chi connectivity index (χ0v) is 11.2. The molecule has 17 heavy (non-hydrogen) atoms. The van der Waals surface area contributed by atoms with Crippen LogP contribution in [-0.2, 0) is 4.74 Å². The predicted octanol–water partition coefficient (Wildman–Crippen LogP) is 2.29. The normalized spacial score (nSPS) is 12.5. The molecule has 1 unspecified atom stereocenters. The van der Waals surface area contributed by atoms with Gasteiger partial charge in [-0.2, -0.15) is 0 Å². The predicted molar refractivity (Wildman–Crippen MR) is 66.1 cm³/mol. The van der Waals surface area contributed by atoms with Crippen molar-refractivity contribution in [1.82, 2.24) is 4.90 Å². The lowest BCUT2D eigenvalue weighted by molar-refractivity contribution is 0.118. The fourth-order valence-electron chi connectivity index (χ4n) is 1.47. The first-order valence-electron chi connectivity index (χ1n) is 4.95. The highest BCUT2D eigenvalue weighted by Gasteiger charge is 2.17. The van der Waals surface area contributed by atoms with Crippen molar-refractivity contribution in [1.29, 1.82) is 0 Å². The Labute approximate surface area is 108 Å². The van der Waals surface area contributed by atoms with E-state index in [2.05, 4.69) is 15.9 Å². The second kappa shape index (κ2) is 5.97. The second-order valence-electron chi connectivity index (χ2n) is 3.81. The molecule has 1 rings (SSSR count). The van der Waals surface area contributed by atoms with E-state index in [1.54, 1.807) is 6.07 Å². The number of carbonyl (C=O) groups excluding carboxylic acids is 1. The van der Waals surface area contributed by atoms with Crippen molar-refractivity contribution in [3.05, 3.63) is 34.1 Å². The molecule has 0 aliphatic carbocycles. The number of primary amides is 1. The molecular formula is C11H14BrFN2O2. The molecule has 1 aromatic carbocycles. The summed E-state index contributed by atoms with van der Waals surface area (Å²) in [6.07, 6.45) is -0.840. The third kappa shape index (κ3) is 4.32.